The summed E-state index contributed by atoms with van der Waals surface area (Å²) < 4.78 is 0. The van der Waals surface area contributed by atoms with Crippen LogP contribution in [-0.2, 0) is 9.59 Å². The highest BCUT2D eigenvalue weighted by atomic mass is 16.2. The van der Waals surface area contributed by atoms with Crippen LogP contribution in [0.25, 0.3) is 0 Å². The Morgan fingerprint density at radius 2 is 1.95 bits per heavy atom. The zero-order valence-corrected chi connectivity index (χ0v) is 13.5. The molecule has 0 spiro atoms. The molecule has 3 aliphatic rings. The van der Waals surface area contributed by atoms with Crippen molar-refractivity contribution in [2.24, 2.45) is 11.8 Å². The lowest BCUT2D eigenvalue weighted by Crippen LogP contribution is -2.39. The van der Waals surface area contributed by atoms with Gasteiger partial charge in [-0.15, -0.1) is 0 Å². The summed E-state index contributed by atoms with van der Waals surface area (Å²) >= 11 is 0. The number of likely N-dealkylation sites (tertiary alicyclic amines) is 1. The van der Waals surface area contributed by atoms with Gasteiger partial charge in [-0.1, -0.05) is 12.2 Å². The van der Waals surface area contributed by atoms with E-state index in [9.17, 15) is 9.59 Å². The minimum atomic E-state index is -0.178. The number of carbonyl (C=O) groups is 2. The molecule has 2 heterocycles. The molecule has 0 aromatic heterocycles. The van der Waals surface area contributed by atoms with Crippen LogP contribution in [0.3, 0.4) is 0 Å². The summed E-state index contributed by atoms with van der Waals surface area (Å²) in [5, 5.41) is 0. The summed E-state index contributed by atoms with van der Waals surface area (Å²) in [6.07, 6.45) is 11.3. The lowest BCUT2D eigenvalue weighted by atomic mass is 9.94. The number of imide groups is 1. The first kappa shape index (κ1) is 15.5. The molecule has 1 saturated heterocycles. The van der Waals surface area contributed by atoms with Crippen LogP contribution in [0.4, 0.5) is 0 Å². The molecule has 0 unspecified atom stereocenters. The molecule has 0 atom stereocenters. The van der Waals surface area contributed by atoms with Crippen LogP contribution in [0.15, 0.2) is 23.8 Å². The Balaban J connectivity index is 1.52. The number of carbonyl (C=O) groups excluding carboxylic acids is 2. The van der Waals surface area contributed by atoms with Crippen LogP contribution < -0.4 is 0 Å². The molecule has 0 bridgehead atoms. The van der Waals surface area contributed by atoms with E-state index >= 15 is 0 Å². The maximum atomic E-state index is 12.4. The fraction of sp³-hybridized carbons (Fsp3) is 0.667. The predicted octanol–water partition coefficient (Wildman–Crippen LogP) is 2.37. The molecule has 2 amide bonds. The summed E-state index contributed by atoms with van der Waals surface area (Å²) in [6.45, 7) is 5.92. The first-order valence-corrected chi connectivity index (χ1v) is 8.56. The second-order valence-corrected chi connectivity index (χ2v) is 6.92. The summed E-state index contributed by atoms with van der Waals surface area (Å²) in [6, 6.07) is 0. The number of piperidine rings is 1. The van der Waals surface area contributed by atoms with Gasteiger partial charge in [0.25, 0.3) is 11.8 Å². The Kier molecular flexibility index (Phi) is 4.77. The van der Waals surface area contributed by atoms with Gasteiger partial charge in [0.1, 0.15) is 0 Å². The Bertz CT molecular complexity index is 497. The SMILES string of the molecule is C/C(=C/C1CCN(CC2CC2)CC1)C(=O)N1CCC=CC1=O. The Morgan fingerprint density at radius 3 is 2.59 bits per heavy atom. The van der Waals surface area contributed by atoms with E-state index in [-0.39, 0.29) is 11.8 Å². The van der Waals surface area contributed by atoms with Crippen molar-refractivity contribution in [3.63, 3.8) is 0 Å². The predicted molar refractivity (Wildman–Crippen MR) is 86.1 cm³/mol. The van der Waals surface area contributed by atoms with Gasteiger partial charge in [-0.2, -0.15) is 0 Å². The monoisotopic (exact) mass is 302 g/mol. The first-order chi connectivity index (χ1) is 10.6. The van der Waals surface area contributed by atoms with Gasteiger partial charge in [-0.3, -0.25) is 14.5 Å². The number of hydrogen-bond acceptors (Lipinski definition) is 3. The van der Waals surface area contributed by atoms with Gasteiger partial charge in [0.2, 0.25) is 0 Å². The average molecular weight is 302 g/mol. The van der Waals surface area contributed by atoms with Crippen molar-refractivity contribution in [2.75, 3.05) is 26.2 Å². The Labute approximate surface area is 132 Å². The van der Waals surface area contributed by atoms with Crippen LogP contribution >= 0.6 is 0 Å². The van der Waals surface area contributed by atoms with Crippen molar-refractivity contribution < 1.29 is 9.59 Å². The lowest BCUT2D eigenvalue weighted by molar-refractivity contribution is -0.139. The lowest BCUT2D eigenvalue weighted by Gasteiger charge is -2.31. The van der Waals surface area contributed by atoms with Crippen LogP contribution in [0, 0.1) is 11.8 Å². The fourth-order valence-corrected chi connectivity index (χ4v) is 3.40. The van der Waals surface area contributed by atoms with Gasteiger partial charge in [0.05, 0.1) is 0 Å². The van der Waals surface area contributed by atoms with Crippen molar-refractivity contribution in [2.45, 2.75) is 39.0 Å². The molecule has 0 radical (unpaired) electrons. The molecule has 0 aromatic carbocycles. The minimum Gasteiger partial charge on any atom is -0.303 e. The van der Waals surface area contributed by atoms with E-state index in [0.29, 0.717) is 12.5 Å². The number of allylic oxidation sites excluding steroid dienone is 1. The van der Waals surface area contributed by atoms with Crippen LogP contribution in [0.2, 0.25) is 0 Å². The van der Waals surface area contributed by atoms with Gasteiger partial charge in [-0.25, -0.2) is 0 Å². The Morgan fingerprint density at radius 1 is 1.23 bits per heavy atom. The van der Waals surface area contributed by atoms with Gasteiger partial charge >= 0.3 is 0 Å². The maximum absolute atomic E-state index is 12.4. The van der Waals surface area contributed by atoms with Crippen molar-refractivity contribution in [3.8, 4) is 0 Å². The van der Waals surface area contributed by atoms with Gasteiger partial charge in [0.15, 0.2) is 0 Å². The third kappa shape index (κ3) is 3.86. The highest BCUT2D eigenvalue weighted by Gasteiger charge is 2.27. The molecule has 0 aromatic rings. The molecule has 22 heavy (non-hydrogen) atoms. The summed E-state index contributed by atoms with van der Waals surface area (Å²) in [5.41, 5.74) is 0.726. The van der Waals surface area contributed by atoms with E-state index in [1.54, 1.807) is 0 Å². The topological polar surface area (TPSA) is 40.6 Å². The zero-order chi connectivity index (χ0) is 15.5. The van der Waals surface area contributed by atoms with Gasteiger partial charge < -0.3 is 4.90 Å². The average Bonchev–Trinajstić information content (AvgIpc) is 3.33. The molecule has 1 saturated carbocycles. The molecule has 4 heteroatoms. The van der Waals surface area contributed by atoms with Crippen LogP contribution in [0.5, 0.6) is 0 Å². The smallest absolute Gasteiger partial charge is 0.256 e. The molecule has 0 N–H and O–H groups in total. The number of hydrogen-bond donors (Lipinski definition) is 0. The molecule has 3 rings (SSSR count). The standard InChI is InChI=1S/C18H26N2O2/c1-14(18(22)20-9-3-2-4-17(20)21)12-15-7-10-19(11-8-15)13-16-5-6-16/h2,4,12,15-16H,3,5-11,13H2,1H3/b14-12-. The summed E-state index contributed by atoms with van der Waals surface area (Å²) in [5.74, 6) is 1.14. The third-order valence-electron chi connectivity index (χ3n) is 4.96. The van der Waals surface area contributed by atoms with E-state index in [0.717, 1.165) is 43.8 Å². The van der Waals surface area contributed by atoms with Gasteiger partial charge in [-0.05, 0) is 70.0 Å². The molecule has 1 aliphatic carbocycles. The van der Waals surface area contributed by atoms with Crippen molar-refractivity contribution in [1.82, 2.24) is 9.80 Å². The zero-order valence-electron chi connectivity index (χ0n) is 13.5. The van der Waals surface area contributed by atoms with E-state index in [2.05, 4.69) is 11.0 Å². The largest absolute Gasteiger partial charge is 0.303 e. The quantitative estimate of drug-likeness (QED) is 0.749. The minimum absolute atomic E-state index is 0.116. The normalized spacial score (nSPS) is 24.9. The van der Waals surface area contributed by atoms with Crippen LogP contribution in [0.1, 0.15) is 39.0 Å². The van der Waals surface area contributed by atoms with Crippen LogP contribution in [-0.4, -0.2) is 47.8 Å². The second-order valence-electron chi connectivity index (χ2n) is 6.92. The fourth-order valence-electron chi connectivity index (χ4n) is 3.40. The summed E-state index contributed by atoms with van der Waals surface area (Å²) in [4.78, 5) is 28.1. The van der Waals surface area contributed by atoms with Crippen molar-refractivity contribution >= 4 is 11.8 Å². The molecule has 4 nitrogen and oxygen atoms in total. The molecular weight excluding hydrogens is 276 g/mol. The molecule has 120 valence electrons. The van der Waals surface area contributed by atoms with E-state index in [4.69, 9.17) is 0 Å². The maximum Gasteiger partial charge on any atom is 0.256 e. The number of nitrogens with zero attached hydrogens (tertiary/aromatic N) is 2. The second kappa shape index (κ2) is 6.78. The van der Waals surface area contributed by atoms with Gasteiger partial charge in [0, 0.05) is 18.7 Å². The molecule has 2 aliphatic heterocycles. The Hall–Kier alpha value is -1.42. The molecular formula is C18H26N2O2. The number of rotatable bonds is 4. The first-order valence-electron chi connectivity index (χ1n) is 8.56. The summed E-state index contributed by atoms with van der Waals surface area (Å²) in [7, 11) is 0. The van der Waals surface area contributed by atoms with Crippen molar-refractivity contribution in [3.05, 3.63) is 23.8 Å². The van der Waals surface area contributed by atoms with Crippen molar-refractivity contribution in [1.29, 1.82) is 0 Å². The molecule has 2 fully saturated rings. The van der Waals surface area contributed by atoms with E-state index < -0.39 is 0 Å². The third-order valence-corrected chi connectivity index (χ3v) is 4.96. The number of amides is 2. The van der Waals surface area contributed by atoms with E-state index in [1.807, 2.05) is 13.0 Å². The van der Waals surface area contributed by atoms with E-state index in [1.165, 1.54) is 30.4 Å². The highest BCUT2D eigenvalue weighted by Crippen LogP contribution is 2.31. The highest BCUT2D eigenvalue weighted by molar-refractivity contribution is 6.07.